The molecule has 0 saturated heterocycles. The van der Waals surface area contributed by atoms with Gasteiger partial charge in [0.15, 0.2) is 5.43 Å². The van der Waals surface area contributed by atoms with Gasteiger partial charge in [-0.25, -0.2) is 4.98 Å². The molecule has 0 spiro atoms. The molecule has 5 heteroatoms. The van der Waals surface area contributed by atoms with Crippen LogP contribution in [-0.2, 0) is 6.42 Å². The molecule has 0 saturated carbocycles. The average molecular weight is 337 g/mol. The second-order valence-corrected chi connectivity index (χ2v) is 6.93. The fourth-order valence-electron chi connectivity index (χ4n) is 2.77. The van der Waals surface area contributed by atoms with Crippen molar-refractivity contribution in [2.24, 2.45) is 0 Å². The fraction of sp³-hybridized carbons (Fsp3) is 0.158. The van der Waals surface area contributed by atoms with Crippen LogP contribution in [0.25, 0.3) is 21.2 Å². The maximum Gasteiger partial charge on any atom is 0.198 e. The molecule has 1 unspecified atom stereocenters. The lowest BCUT2D eigenvalue weighted by Gasteiger charge is -2.09. The first-order valence-corrected chi connectivity index (χ1v) is 8.48. The van der Waals surface area contributed by atoms with Gasteiger partial charge in [-0.05, 0) is 31.2 Å². The Balaban J connectivity index is 1.71. The topological polar surface area (TPSA) is 63.3 Å². The van der Waals surface area contributed by atoms with Crippen LogP contribution in [-0.4, -0.2) is 10.1 Å². The Labute approximate surface area is 142 Å². The second kappa shape index (κ2) is 5.85. The number of aryl methyl sites for hydroxylation is 1. The fourth-order valence-corrected chi connectivity index (χ4v) is 3.78. The molecule has 24 heavy (non-hydrogen) atoms. The molecule has 1 atom stereocenters. The van der Waals surface area contributed by atoms with E-state index in [2.05, 4.69) is 4.98 Å². The molecule has 0 fully saturated rings. The van der Waals surface area contributed by atoms with Crippen molar-refractivity contribution in [1.29, 1.82) is 0 Å². The highest BCUT2D eigenvalue weighted by Crippen LogP contribution is 2.26. The van der Waals surface area contributed by atoms with E-state index in [-0.39, 0.29) is 11.0 Å². The molecule has 0 amide bonds. The van der Waals surface area contributed by atoms with E-state index in [0.717, 1.165) is 20.8 Å². The van der Waals surface area contributed by atoms with Crippen LogP contribution in [0.5, 0.6) is 0 Å². The summed E-state index contributed by atoms with van der Waals surface area (Å²) < 4.78 is 6.59. The zero-order chi connectivity index (χ0) is 16.7. The third-order valence-electron chi connectivity index (χ3n) is 4.02. The van der Waals surface area contributed by atoms with Crippen molar-refractivity contribution in [1.82, 2.24) is 4.98 Å². The van der Waals surface area contributed by atoms with Gasteiger partial charge < -0.3 is 9.52 Å². The molecular weight excluding hydrogens is 322 g/mol. The monoisotopic (exact) mass is 337 g/mol. The van der Waals surface area contributed by atoms with E-state index in [4.69, 9.17) is 4.42 Å². The van der Waals surface area contributed by atoms with Gasteiger partial charge in [-0.15, -0.1) is 11.3 Å². The van der Waals surface area contributed by atoms with E-state index in [1.807, 2.05) is 37.3 Å². The number of fused-ring (bicyclic) bond motifs is 2. The summed E-state index contributed by atoms with van der Waals surface area (Å²) in [6.45, 7) is 1.92. The van der Waals surface area contributed by atoms with Gasteiger partial charge in [0.2, 0.25) is 0 Å². The lowest BCUT2D eigenvalue weighted by atomic mass is 10.1. The van der Waals surface area contributed by atoms with E-state index < -0.39 is 6.10 Å². The van der Waals surface area contributed by atoms with Crippen LogP contribution in [0.15, 0.2) is 57.9 Å². The molecule has 4 nitrogen and oxygen atoms in total. The molecule has 2 heterocycles. The first-order valence-electron chi connectivity index (χ1n) is 7.66. The van der Waals surface area contributed by atoms with Crippen molar-refractivity contribution < 1.29 is 9.52 Å². The number of aliphatic hydroxyl groups excluding tert-OH is 1. The second-order valence-electron chi connectivity index (χ2n) is 5.82. The van der Waals surface area contributed by atoms with E-state index in [1.54, 1.807) is 12.1 Å². The minimum Gasteiger partial charge on any atom is -0.464 e. The van der Waals surface area contributed by atoms with Crippen LogP contribution >= 0.6 is 11.3 Å². The average Bonchev–Trinajstić information content (AvgIpc) is 2.97. The zero-order valence-corrected chi connectivity index (χ0v) is 13.8. The highest BCUT2D eigenvalue weighted by molar-refractivity contribution is 7.18. The molecule has 1 N–H and O–H groups in total. The molecular formula is C19H15NO3S. The third kappa shape index (κ3) is 2.62. The lowest BCUT2D eigenvalue weighted by Crippen LogP contribution is -2.15. The van der Waals surface area contributed by atoms with Crippen LogP contribution in [0, 0.1) is 6.92 Å². The van der Waals surface area contributed by atoms with Crippen molar-refractivity contribution in [3.8, 4) is 0 Å². The Morgan fingerprint density at radius 3 is 2.92 bits per heavy atom. The predicted molar refractivity (Wildman–Crippen MR) is 95.5 cm³/mol. The summed E-state index contributed by atoms with van der Waals surface area (Å²) in [6, 6.07) is 13.3. The summed E-state index contributed by atoms with van der Waals surface area (Å²) in [7, 11) is 0. The molecule has 0 bridgehead atoms. The number of hydrogen-bond acceptors (Lipinski definition) is 5. The maximum absolute atomic E-state index is 12.6. The zero-order valence-electron chi connectivity index (χ0n) is 13.0. The number of nitrogens with zero attached hydrogens (tertiary/aromatic N) is 1. The lowest BCUT2D eigenvalue weighted by molar-refractivity contribution is 0.175. The molecule has 120 valence electrons. The number of para-hydroxylation sites is 1. The summed E-state index contributed by atoms with van der Waals surface area (Å²) in [5.74, 6) is 0. The van der Waals surface area contributed by atoms with E-state index >= 15 is 0 Å². The van der Waals surface area contributed by atoms with Gasteiger partial charge in [-0.1, -0.05) is 23.8 Å². The third-order valence-corrected chi connectivity index (χ3v) is 5.08. The largest absolute Gasteiger partial charge is 0.464 e. The van der Waals surface area contributed by atoms with Crippen molar-refractivity contribution in [2.45, 2.75) is 19.4 Å². The van der Waals surface area contributed by atoms with Crippen LogP contribution in [0.4, 0.5) is 0 Å². The van der Waals surface area contributed by atoms with Gasteiger partial charge in [-0.3, -0.25) is 4.79 Å². The van der Waals surface area contributed by atoms with E-state index in [0.29, 0.717) is 17.4 Å². The van der Waals surface area contributed by atoms with Gasteiger partial charge >= 0.3 is 0 Å². The Bertz CT molecular complexity index is 1060. The molecule has 4 rings (SSSR count). The Morgan fingerprint density at radius 1 is 1.25 bits per heavy atom. The number of hydrogen-bond donors (Lipinski definition) is 1. The first kappa shape index (κ1) is 15.1. The SMILES string of the molecule is Cc1ccc2occ(C(O)Cc3nc4ccccc4s3)c(=O)c2c1. The van der Waals surface area contributed by atoms with E-state index in [9.17, 15) is 9.90 Å². The van der Waals surface area contributed by atoms with Gasteiger partial charge in [0.25, 0.3) is 0 Å². The minimum absolute atomic E-state index is 0.187. The van der Waals surface area contributed by atoms with Gasteiger partial charge in [0, 0.05) is 6.42 Å². The Kier molecular flexibility index (Phi) is 3.67. The minimum atomic E-state index is -0.938. The summed E-state index contributed by atoms with van der Waals surface area (Å²) >= 11 is 1.53. The van der Waals surface area contributed by atoms with Crippen molar-refractivity contribution >= 4 is 32.5 Å². The normalized spacial score (nSPS) is 12.8. The molecule has 0 radical (unpaired) electrons. The summed E-state index contributed by atoms with van der Waals surface area (Å²) in [6.07, 6.45) is 0.714. The smallest absolute Gasteiger partial charge is 0.198 e. The standard InChI is InChI=1S/C19H15NO3S/c1-11-6-7-16-12(8-11)19(22)13(10-23-16)15(21)9-18-20-14-4-2-3-5-17(14)24-18/h2-8,10,15,21H,9H2,1H3. The molecule has 2 aromatic heterocycles. The highest BCUT2D eigenvalue weighted by Gasteiger charge is 2.18. The molecule has 0 aliphatic carbocycles. The number of rotatable bonds is 3. The van der Waals surface area contributed by atoms with Crippen LogP contribution < -0.4 is 5.43 Å². The van der Waals surface area contributed by atoms with E-state index in [1.165, 1.54) is 17.6 Å². The Hall–Kier alpha value is -2.50. The van der Waals surface area contributed by atoms with Gasteiger partial charge in [0.1, 0.15) is 11.8 Å². The van der Waals surface area contributed by atoms with Crippen molar-refractivity contribution in [3.05, 3.63) is 75.1 Å². The van der Waals surface area contributed by atoms with Gasteiger partial charge in [0.05, 0.1) is 32.3 Å². The number of benzene rings is 2. The number of aliphatic hydroxyl groups is 1. The predicted octanol–water partition coefficient (Wildman–Crippen LogP) is 3.99. The highest BCUT2D eigenvalue weighted by atomic mass is 32.1. The summed E-state index contributed by atoms with van der Waals surface area (Å²) in [4.78, 5) is 17.2. The number of thiazole rings is 1. The maximum atomic E-state index is 12.6. The molecule has 0 aliphatic rings. The van der Waals surface area contributed by atoms with Gasteiger partial charge in [-0.2, -0.15) is 0 Å². The number of aromatic nitrogens is 1. The van der Waals surface area contributed by atoms with Crippen molar-refractivity contribution in [3.63, 3.8) is 0 Å². The quantitative estimate of drug-likeness (QED) is 0.614. The summed E-state index contributed by atoms with van der Waals surface area (Å²) in [5.41, 5.74) is 2.50. The Morgan fingerprint density at radius 2 is 2.08 bits per heavy atom. The van der Waals surface area contributed by atoms with Crippen LogP contribution in [0.1, 0.15) is 22.2 Å². The van der Waals surface area contributed by atoms with Crippen LogP contribution in [0.3, 0.4) is 0 Å². The molecule has 0 aliphatic heterocycles. The molecule has 2 aromatic carbocycles. The molecule has 4 aromatic rings. The van der Waals surface area contributed by atoms with Crippen molar-refractivity contribution in [2.75, 3.05) is 0 Å². The first-order chi connectivity index (χ1) is 11.6. The summed E-state index contributed by atoms with van der Waals surface area (Å²) in [5, 5.41) is 11.8. The van der Waals surface area contributed by atoms with Crippen LogP contribution in [0.2, 0.25) is 0 Å².